The molecule has 0 unspecified atom stereocenters. The van der Waals surface area contributed by atoms with Crippen molar-refractivity contribution in [3.8, 4) is 11.5 Å². The monoisotopic (exact) mass is 326 g/mol. The average molecular weight is 326 g/mol. The normalized spacial score (nSPS) is 12.3. The lowest BCUT2D eigenvalue weighted by Crippen LogP contribution is -2.46. The van der Waals surface area contributed by atoms with Crippen LogP contribution in [0.4, 0.5) is 22.0 Å². The topological polar surface area (TPSA) is 46.5 Å². The number of aryl methyl sites for hydroxylation is 1. The third kappa shape index (κ3) is 4.57. The summed E-state index contributed by atoms with van der Waals surface area (Å²) >= 11 is 0. The van der Waals surface area contributed by atoms with Gasteiger partial charge < -0.3 is 9.84 Å². The van der Waals surface area contributed by atoms with Crippen molar-refractivity contribution in [1.82, 2.24) is 0 Å². The molecular formula is C14H15F5O3. The second-order valence-corrected chi connectivity index (χ2v) is 4.75. The standard InChI is InChI=1S/C14H15F5O3/c1-2-3-4-5-9-6-10(20)8-11(7-9)22-12(21)13(15,16)14(17,18)19/h6-8,20H,2-5H2,1H3. The quantitative estimate of drug-likeness (QED) is 0.368. The van der Waals surface area contributed by atoms with Gasteiger partial charge in [-0.2, -0.15) is 22.0 Å². The molecule has 0 heterocycles. The lowest BCUT2D eigenvalue weighted by molar-refractivity contribution is -0.276. The Balaban J connectivity index is 2.87. The number of carbonyl (C=O) groups is 1. The predicted molar refractivity (Wildman–Crippen MR) is 68.0 cm³/mol. The van der Waals surface area contributed by atoms with Crippen LogP contribution in [-0.2, 0) is 11.2 Å². The summed E-state index contributed by atoms with van der Waals surface area (Å²) in [5, 5.41) is 9.42. The van der Waals surface area contributed by atoms with Gasteiger partial charge in [-0.25, -0.2) is 4.79 Å². The fraction of sp³-hybridized carbons (Fsp3) is 0.500. The van der Waals surface area contributed by atoms with Crippen LogP contribution in [0.25, 0.3) is 0 Å². The van der Waals surface area contributed by atoms with Gasteiger partial charge in [-0.3, -0.25) is 0 Å². The largest absolute Gasteiger partial charge is 0.508 e. The van der Waals surface area contributed by atoms with E-state index >= 15 is 0 Å². The molecule has 8 heteroatoms. The SMILES string of the molecule is CCCCCc1cc(O)cc(OC(=O)C(F)(F)C(F)(F)F)c1. The van der Waals surface area contributed by atoms with E-state index in [0.29, 0.717) is 12.0 Å². The number of esters is 1. The van der Waals surface area contributed by atoms with E-state index in [9.17, 15) is 31.9 Å². The summed E-state index contributed by atoms with van der Waals surface area (Å²) in [5.41, 5.74) is 0.478. The highest BCUT2D eigenvalue weighted by molar-refractivity contribution is 5.81. The zero-order chi connectivity index (χ0) is 17.0. The first-order chi connectivity index (χ1) is 10.1. The molecule has 1 aromatic carbocycles. The fourth-order valence-electron chi connectivity index (χ4n) is 1.71. The number of alkyl halides is 5. The van der Waals surface area contributed by atoms with Gasteiger partial charge in [0.1, 0.15) is 11.5 Å². The van der Waals surface area contributed by atoms with E-state index in [1.54, 1.807) is 0 Å². The van der Waals surface area contributed by atoms with Crippen LogP contribution in [-0.4, -0.2) is 23.2 Å². The lowest BCUT2D eigenvalue weighted by Gasteiger charge is -2.17. The first kappa shape index (κ1) is 18.2. The minimum atomic E-state index is -6.04. The Morgan fingerprint density at radius 2 is 1.77 bits per heavy atom. The Kier molecular flexibility index (Phi) is 5.73. The van der Waals surface area contributed by atoms with E-state index in [4.69, 9.17) is 0 Å². The predicted octanol–water partition coefficient (Wildman–Crippen LogP) is 4.23. The Hall–Kier alpha value is -1.86. The van der Waals surface area contributed by atoms with Gasteiger partial charge in [0, 0.05) is 6.07 Å². The van der Waals surface area contributed by atoms with E-state index < -0.39 is 23.8 Å². The van der Waals surface area contributed by atoms with Gasteiger partial charge in [0.25, 0.3) is 0 Å². The van der Waals surface area contributed by atoms with Crippen molar-refractivity contribution in [3.05, 3.63) is 23.8 Å². The Morgan fingerprint density at radius 3 is 2.32 bits per heavy atom. The zero-order valence-corrected chi connectivity index (χ0v) is 11.7. The first-order valence-electron chi connectivity index (χ1n) is 6.57. The van der Waals surface area contributed by atoms with E-state index in [0.717, 1.165) is 31.4 Å². The molecule has 0 bridgehead atoms. The van der Waals surface area contributed by atoms with Gasteiger partial charge in [-0.15, -0.1) is 0 Å². The molecule has 0 spiro atoms. The van der Waals surface area contributed by atoms with Gasteiger partial charge in [0.05, 0.1) is 0 Å². The van der Waals surface area contributed by atoms with E-state index in [2.05, 4.69) is 4.74 Å². The van der Waals surface area contributed by atoms with Gasteiger partial charge in [-0.1, -0.05) is 19.8 Å². The molecule has 0 aliphatic heterocycles. The van der Waals surface area contributed by atoms with Crippen molar-refractivity contribution in [1.29, 1.82) is 0 Å². The highest BCUT2D eigenvalue weighted by Crippen LogP contribution is 2.37. The minimum absolute atomic E-state index is 0.382. The third-order valence-corrected chi connectivity index (χ3v) is 2.84. The maximum atomic E-state index is 12.8. The molecule has 0 aromatic heterocycles. The summed E-state index contributed by atoms with van der Waals surface area (Å²) in [5.74, 6) is -9.28. The molecule has 0 atom stereocenters. The maximum Gasteiger partial charge on any atom is 0.465 e. The summed E-state index contributed by atoms with van der Waals surface area (Å²) in [6.45, 7) is 1.97. The van der Waals surface area contributed by atoms with Crippen LogP contribution in [0.3, 0.4) is 0 Å². The number of ether oxygens (including phenoxy) is 1. The molecule has 0 amide bonds. The number of rotatable bonds is 6. The summed E-state index contributed by atoms with van der Waals surface area (Å²) in [7, 11) is 0. The van der Waals surface area contributed by atoms with Crippen LogP contribution < -0.4 is 4.74 Å². The molecule has 124 valence electrons. The number of unbranched alkanes of at least 4 members (excludes halogenated alkanes) is 2. The molecule has 0 saturated carbocycles. The second kappa shape index (κ2) is 6.93. The average Bonchev–Trinajstić information content (AvgIpc) is 2.36. The number of phenols is 1. The zero-order valence-electron chi connectivity index (χ0n) is 11.7. The number of hydrogen-bond donors (Lipinski definition) is 1. The Bertz CT molecular complexity index is 526. The molecule has 0 fully saturated rings. The molecule has 1 rings (SSSR count). The highest BCUT2D eigenvalue weighted by atomic mass is 19.4. The van der Waals surface area contributed by atoms with Crippen molar-refractivity contribution in [3.63, 3.8) is 0 Å². The highest BCUT2D eigenvalue weighted by Gasteiger charge is 2.65. The Labute approximate surface area is 123 Å². The first-order valence-corrected chi connectivity index (χ1v) is 6.57. The van der Waals surface area contributed by atoms with Crippen LogP contribution in [0.15, 0.2) is 18.2 Å². The van der Waals surface area contributed by atoms with Crippen LogP contribution in [0.2, 0.25) is 0 Å². The fourth-order valence-corrected chi connectivity index (χ4v) is 1.71. The van der Waals surface area contributed by atoms with Crippen LogP contribution in [0.1, 0.15) is 31.7 Å². The van der Waals surface area contributed by atoms with Crippen molar-refractivity contribution in [2.45, 2.75) is 44.7 Å². The van der Waals surface area contributed by atoms with Gasteiger partial charge in [0.2, 0.25) is 0 Å². The molecule has 3 nitrogen and oxygen atoms in total. The molecular weight excluding hydrogens is 311 g/mol. The van der Waals surface area contributed by atoms with Gasteiger partial charge in [-0.05, 0) is 30.5 Å². The van der Waals surface area contributed by atoms with Crippen LogP contribution >= 0.6 is 0 Å². The van der Waals surface area contributed by atoms with Crippen LogP contribution in [0, 0.1) is 0 Å². The number of carbonyl (C=O) groups excluding carboxylic acids is 1. The van der Waals surface area contributed by atoms with Crippen molar-refractivity contribution in [2.75, 3.05) is 0 Å². The molecule has 0 radical (unpaired) electrons. The van der Waals surface area contributed by atoms with E-state index in [1.165, 1.54) is 6.07 Å². The maximum absolute atomic E-state index is 12.8. The van der Waals surface area contributed by atoms with Crippen molar-refractivity contribution < 1.29 is 36.6 Å². The number of halogens is 5. The molecule has 0 aliphatic carbocycles. The summed E-state index contributed by atoms with van der Waals surface area (Å²) in [6, 6.07) is 3.28. The van der Waals surface area contributed by atoms with Crippen LogP contribution in [0.5, 0.6) is 11.5 Å². The van der Waals surface area contributed by atoms with E-state index in [1.807, 2.05) is 6.92 Å². The second-order valence-electron chi connectivity index (χ2n) is 4.75. The molecule has 0 aliphatic rings. The van der Waals surface area contributed by atoms with Gasteiger partial charge in [0.15, 0.2) is 0 Å². The number of benzene rings is 1. The summed E-state index contributed by atoms with van der Waals surface area (Å²) in [6.07, 6.45) is -3.01. The van der Waals surface area contributed by atoms with E-state index in [-0.39, 0.29) is 5.75 Å². The van der Waals surface area contributed by atoms with Gasteiger partial charge >= 0.3 is 18.1 Å². The molecule has 22 heavy (non-hydrogen) atoms. The van der Waals surface area contributed by atoms with Crippen molar-refractivity contribution in [2.24, 2.45) is 0 Å². The summed E-state index contributed by atoms with van der Waals surface area (Å²) in [4.78, 5) is 11.0. The number of aromatic hydroxyl groups is 1. The third-order valence-electron chi connectivity index (χ3n) is 2.84. The van der Waals surface area contributed by atoms with Crippen molar-refractivity contribution >= 4 is 5.97 Å². The molecule has 1 aromatic rings. The Morgan fingerprint density at radius 1 is 1.14 bits per heavy atom. The number of hydrogen-bond acceptors (Lipinski definition) is 3. The molecule has 0 saturated heterocycles. The lowest BCUT2D eigenvalue weighted by atomic mass is 10.1. The number of phenolic OH excluding ortho intramolecular Hbond substituents is 1. The summed E-state index contributed by atoms with van der Waals surface area (Å²) < 4.78 is 65.8. The molecule has 1 N–H and O–H groups in total. The smallest absolute Gasteiger partial charge is 0.465 e. The minimum Gasteiger partial charge on any atom is -0.508 e.